The molecule has 0 aliphatic carbocycles. The van der Waals surface area contributed by atoms with Crippen LogP contribution in [0.5, 0.6) is 0 Å². The molecule has 0 radical (unpaired) electrons. The van der Waals surface area contributed by atoms with Crippen LogP contribution in [0.15, 0.2) is 102 Å². The summed E-state index contributed by atoms with van der Waals surface area (Å²) in [6.07, 6.45) is 0. The minimum atomic E-state index is -0.417. The van der Waals surface area contributed by atoms with Crippen molar-refractivity contribution in [2.24, 2.45) is 0 Å². The van der Waals surface area contributed by atoms with Gasteiger partial charge in [-0.3, -0.25) is 4.79 Å². The van der Waals surface area contributed by atoms with E-state index in [2.05, 4.69) is 28.9 Å². The van der Waals surface area contributed by atoms with Gasteiger partial charge in [0.05, 0.1) is 0 Å². The van der Waals surface area contributed by atoms with Crippen molar-refractivity contribution in [2.75, 3.05) is 16.0 Å². The summed E-state index contributed by atoms with van der Waals surface area (Å²) in [6, 6.07) is 31.9. The van der Waals surface area contributed by atoms with Gasteiger partial charge in [-0.2, -0.15) is 0 Å². The number of carbonyl (C=O) groups excluding carboxylic acids is 1. The first-order valence-corrected chi connectivity index (χ1v) is 13.0. The number of nitrogens with one attached hydrogen (secondary N) is 3. The Balaban J connectivity index is 1.50. The molecule has 1 atom stereocenters. The number of benzene rings is 4. The highest BCUT2D eigenvalue weighted by Crippen LogP contribution is 2.37. The molecule has 0 saturated carbocycles. The van der Waals surface area contributed by atoms with E-state index in [1.807, 2.05) is 105 Å². The van der Waals surface area contributed by atoms with Gasteiger partial charge >= 0.3 is 0 Å². The van der Waals surface area contributed by atoms with Gasteiger partial charge in [0.1, 0.15) is 5.25 Å². The molecule has 0 aliphatic rings. The van der Waals surface area contributed by atoms with Crippen molar-refractivity contribution in [1.29, 1.82) is 0 Å². The van der Waals surface area contributed by atoms with Gasteiger partial charge < -0.3 is 16.0 Å². The van der Waals surface area contributed by atoms with E-state index in [-0.39, 0.29) is 5.91 Å². The highest BCUT2D eigenvalue weighted by atomic mass is 32.2. The third-order valence-electron chi connectivity index (χ3n) is 5.48. The number of hydrogen-bond acceptors (Lipinski definition) is 3. The van der Waals surface area contributed by atoms with E-state index in [4.69, 9.17) is 12.2 Å². The predicted molar refractivity (Wildman–Crippen MR) is 157 cm³/mol. The Morgan fingerprint density at radius 1 is 0.667 bits per heavy atom. The number of aryl methyl sites for hydroxylation is 3. The maximum absolute atomic E-state index is 13.5. The molecule has 0 fully saturated rings. The second-order valence-corrected chi connectivity index (χ2v) is 10.3. The van der Waals surface area contributed by atoms with Crippen molar-refractivity contribution < 1.29 is 4.79 Å². The van der Waals surface area contributed by atoms with Crippen LogP contribution < -0.4 is 16.0 Å². The zero-order valence-electron chi connectivity index (χ0n) is 20.5. The van der Waals surface area contributed by atoms with Crippen molar-refractivity contribution in [3.63, 3.8) is 0 Å². The molecule has 0 aliphatic heterocycles. The fourth-order valence-electron chi connectivity index (χ4n) is 3.87. The number of amides is 1. The Morgan fingerprint density at radius 2 is 1.33 bits per heavy atom. The second-order valence-electron chi connectivity index (χ2n) is 8.75. The molecule has 0 bridgehead atoms. The first-order chi connectivity index (χ1) is 17.4. The van der Waals surface area contributed by atoms with Gasteiger partial charge in [0, 0.05) is 22.0 Å². The number of carbonyl (C=O) groups is 1. The monoisotopic (exact) mass is 511 g/mol. The third-order valence-corrected chi connectivity index (χ3v) is 6.94. The van der Waals surface area contributed by atoms with E-state index in [9.17, 15) is 4.79 Å². The minimum absolute atomic E-state index is 0.0638. The molecule has 4 nitrogen and oxygen atoms in total. The molecule has 3 N–H and O–H groups in total. The lowest BCUT2D eigenvalue weighted by molar-refractivity contribution is -0.115. The van der Waals surface area contributed by atoms with Crippen LogP contribution in [0.25, 0.3) is 0 Å². The molecule has 0 heterocycles. The lowest BCUT2D eigenvalue weighted by Crippen LogP contribution is -2.19. The summed E-state index contributed by atoms with van der Waals surface area (Å²) >= 11 is 7.01. The average Bonchev–Trinajstić information content (AvgIpc) is 2.84. The average molecular weight is 512 g/mol. The first-order valence-electron chi connectivity index (χ1n) is 11.7. The Kier molecular flexibility index (Phi) is 8.41. The molecule has 0 spiro atoms. The molecule has 0 saturated heterocycles. The standard InChI is InChI=1S/C30H29N3OS2/c1-20-12-14-24(15-13-20)32-30(35)33-25-10-7-11-27(19-25)36-28(23-8-5-4-6-9-23)29(34)31-26-17-21(2)16-22(3)18-26/h4-19,28H,1-3H3,(H,31,34)(H2,32,33,35). The maximum atomic E-state index is 13.5. The van der Waals surface area contributed by atoms with Crippen LogP contribution in [0.4, 0.5) is 17.1 Å². The number of thioether (sulfide) groups is 1. The Labute approximate surface area is 222 Å². The van der Waals surface area contributed by atoms with Crippen molar-refractivity contribution in [1.82, 2.24) is 0 Å². The lowest BCUT2D eigenvalue weighted by Gasteiger charge is -2.18. The van der Waals surface area contributed by atoms with Crippen LogP contribution in [0.2, 0.25) is 0 Å². The highest BCUT2D eigenvalue weighted by molar-refractivity contribution is 8.00. The summed E-state index contributed by atoms with van der Waals surface area (Å²) in [5, 5.41) is 9.66. The van der Waals surface area contributed by atoms with E-state index in [1.54, 1.807) is 0 Å². The second kappa shape index (κ2) is 11.9. The van der Waals surface area contributed by atoms with Crippen LogP contribution >= 0.6 is 24.0 Å². The topological polar surface area (TPSA) is 53.2 Å². The summed E-state index contributed by atoms with van der Waals surface area (Å²) in [5.41, 5.74) is 6.95. The van der Waals surface area contributed by atoms with Gasteiger partial charge in [0.2, 0.25) is 5.91 Å². The minimum Gasteiger partial charge on any atom is -0.332 e. The molecule has 4 rings (SSSR count). The van der Waals surface area contributed by atoms with Gasteiger partial charge in [-0.1, -0.05) is 60.2 Å². The predicted octanol–water partition coefficient (Wildman–Crippen LogP) is 7.89. The third kappa shape index (κ3) is 7.20. The van der Waals surface area contributed by atoms with Gasteiger partial charge in [-0.15, -0.1) is 11.8 Å². The van der Waals surface area contributed by atoms with Crippen LogP contribution in [-0.4, -0.2) is 11.0 Å². The van der Waals surface area contributed by atoms with Gasteiger partial charge in [-0.05, 0) is 92.1 Å². The van der Waals surface area contributed by atoms with Gasteiger partial charge in [-0.25, -0.2) is 0 Å². The number of anilines is 3. The summed E-state index contributed by atoms with van der Waals surface area (Å²) in [4.78, 5) is 14.4. The number of rotatable bonds is 7. The van der Waals surface area contributed by atoms with E-state index in [0.717, 1.165) is 38.6 Å². The zero-order chi connectivity index (χ0) is 25.5. The van der Waals surface area contributed by atoms with Crippen molar-refractivity contribution in [3.05, 3.63) is 119 Å². The fraction of sp³-hybridized carbons (Fsp3) is 0.133. The summed E-state index contributed by atoms with van der Waals surface area (Å²) in [5.74, 6) is -0.0638. The lowest BCUT2D eigenvalue weighted by atomic mass is 10.1. The Hall–Kier alpha value is -3.61. The van der Waals surface area contributed by atoms with Crippen molar-refractivity contribution >= 4 is 52.1 Å². The number of thiocarbonyl (C=S) groups is 1. The molecule has 4 aromatic rings. The number of hydrogen-bond donors (Lipinski definition) is 3. The van der Waals surface area contributed by atoms with Crippen LogP contribution in [-0.2, 0) is 4.79 Å². The Morgan fingerprint density at radius 3 is 2.03 bits per heavy atom. The molecule has 1 unspecified atom stereocenters. The Bertz CT molecular complexity index is 1330. The summed E-state index contributed by atoms with van der Waals surface area (Å²) in [6.45, 7) is 6.11. The van der Waals surface area contributed by atoms with E-state index in [0.29, 0.717) is 5.11 Å². The molecular weight excluding hydrogens is 482 g/mol. The largest absolute Gasteiger partial charge is 0.332 e. The molecule has 1 amide bonds. The highest BCUT2D eigenvalue weighted by Gasteiger charge is 2.22. The van der Waals surface area contributed by atoms with Crippen molar-refractivity contribution in [3.8, 4) is 0 Å². The first kappa shape index (κ1) is 25.5. The van der Waals surface area contributed by atoms with E-state index in [1.165, 1.54) is 17.3 Å². The molecule has 6 heteroatoms. The quantitative estimate of drug-likeness (QED) is 0.174. The van der Waals surface area contributed by atoms with E-state index >= 15 is 0 Å². The van der Waals surface area contributed by atoms with Crippen LogP contribution in [0, 0.1) is 20.8 Å². The van der Waals surface area contributed by atoms with Crippen LogP contribution in [0.3, 0.4) is 0 Å². The van der Waals surface area contributed by atoms with Gasteiger partial charge in [0.15, 0.2) is 5.11 Å². The fourth-order valence-corrected chi connectivity index (χ4v) is 5.19. The smallest absolute Gasteiger partial charge is 0.242 e. The summed E-state index contributed by atoms with van der Waals surface area (Å²) < 4.78 is 0. The molecule has 4 aromatic carbocycles. The molecule has 36 heavy (non-hydrogen) atoms. The SMILES string of the molecule is Cc1ccc(NC(=S)Nc2cccc(SC(C(=O)Nc3cc(C)cc(C)c3)c3ccccc3)c2)cc1. The van der Waals surface area contributed by atoms with Crippen LogP contribution in [0.1, 0.15) is 27.5 Å². The zero-order valence-corrected chi connectivity index (χ0v) is 22.2. The maximum Gasteiger partial charge on any atom is 0.242 e. The normalized spacial score (nSPS) is 11.4. The molecular formula is C30H29N3OS2. The molecule has 0 aromatic heterocycles. The molecule has 182 valence electrons. The van der Waals surface area contributed by atoms with E-state index < -0.39 is 5.25 Å². The van der Waals surface area contributed by atoms with Crippen molar-refractivity contribution in [2.45, 2.75) is 30.9 Å². The summed E-state index contributed by atoms with van der Waals surface area (Å²) in [7, 11) is 0. The van der Waals surface area contributed by atoms with Gasteiger partial charge in [0.25, 0.3) is 0 Å².